The van der Waals surface area contributed by atoms with Gasteiger partial charge in [0.05, 0.1) is 16.7 Å². The van der Waals surface area contributed by atoms with Crippen molar-refractivity contribution < 1.29 is 4.42 Å². The normalized spacial score (nSPS) is 11.6. The van der Waals surface area contributed by atoms with E-state index in [1.165, 1.54) is 0 Å². The van der Waals surface area contributed by atoms with E-state index in [1.54, 1.807) is 0 Å². The van der Waals surface area contributed by atoms with Crippen LogP contribution in [-0.4, -0.2) is 49.4 Å². The molecule has 66 heavy (non-hydrogen) atoms. The van der Waals surface area contributed by atoms with E-state index in [4.69, 9.17) is 39.3 Å². The van der Waals surface area contributed by atoms with Gasteiger partial charge in [-0.15, -0.1) is 0 Å². The van der Waals surface area contributed by atoms with Crippen LogP contribution < -0.4 is 0 Å². The summed E-state index contributed by atoms with van der Waals surface area (Å²) in [7, 11) is 0. The summed E-state index contributed by atoms with van der Waals surface area (Å²) < 4.78 is 8.69. The zero-order valence-electron chi connectivity index (χ0n) is 36.4. The van der Waals surface area contributed by atoms with Crippen LogP contribution in [0.15, 0.2) is 162 Å². The molecule has 5 heterocycles. The van der Waals surface area contributed by atoms with Gasteiger partial charge in [0.25, 0.3) is 0 Å². The molecule has 0 fully saturated rings. The van der Waals surface area contributed by atoms with E-state index in [0.717, 1.165) is 88.4 Å². The molecule has 0 aliphatic carbocycles. The van der Waals surface area contributed by atoms with Crippen molar-refractivity contribution in [2.75, 3.05) is 0 Å². The maximum atomic E-state index is 6.40. The Morgan fingerprint density at radius 2 is 0.818 bits per heavy atom. The maximum Gasteiger partial charge on any atom is 0.166 e. The lowest BCUT2D eigenvalue weighted by molar-refractivity contribution is 0.669. The average molecular weight is 855 g/mol. The smallest absolute Gasteiger partial charge is 0.166 e. The topological polar surface area (TPSA) is 134 Å². The molecule has 11 nitrogen and oxygen atoms in total. The van der Waals surface area contributed by atoms with Crippen molar-refractivity contribution in [2.45, 2.75) is 27.7 Å². The lowest BCUT2D eigenvalue weighted by Gasteiger charge is -2.17. The Bertz CT molecular complexity index is 3670. The van der Waals surface area contributed by atoms with Crippen LogP contribution in [0.4, 0.5) is 0 Å². The number of rotatable bonds is 7. The zero-order valence-corrected chi connectivity index (χ0v) is 36.4. The fourth-order valence-corrected chi connectivity index (χ4v) is 9.07. The first-order chi connectivity index (χ1) is 32.3. The highest BCUT2D eigenvalue weighted by Gasteiger charge is 2.23. The van der Waals surface area contributed by atoms with Gasteiger partial charge in [-0.2, -0.15) is 0 Å². The summed E-state index contributed by atoms with van der Waals surface area (Å²) in [5.41, 5.74) is 10.7. The van der Waals surface area contributed by atoms with Crippen LogP contribution in [0.1, 0.15) is 23.3 Å². The summed E-state index contributed by atoms with van der Waals surface area (Å²) in [6, 6.07) is 53.8. The second-order valence-electron chi connectivity index (χ2n) is 16.4. The fraction of sp³-hybridized carbons (Fsp3) is 0.0727. The molecule has 0 atom stereocenters. The van der Waals surface area contributed by atoms with E-state index in [1.807, 2.05) is 119 Å². The fourth-order valence-electron chi connectivity index (χ4n) is 9.07. The molecule has 0 aliphatic rings. The molecule has 12 rings (SSSR count). The van der Waals surface area contributed by atoms with E-state index in [9.17, 15) is 0 Å². The molecule has 0 radical (unpaired) electrons. The van der Waals surface area contributed by atoms with E-state index >= 15 is 0 Å². The number of para-hydroxylation sites is 1. The lowest BCUT2D eigenvalue weighted by Crippen LogP contribution is -2.04. The van der Waals surface area contributed by atoms with Gasteiger partial charge in [0.1, 0.15) is 34.5 Å². The Morgan fingerprint density at radius 1 is 0.333 bits per heavy atom. The molecule has 0 saturated carbocycles. The minimum Gasteiger partial charge on any atom is -0.456 e. The van der Waals surface area contributed by atoms with E-state index in [0.29, 0.717) is 52.4 Å². The number of aryl methyl sites for hydroxylation is 4. The zero-order chi connectivity index (χ0) is 44.5. The largest absolute Gasteiger partial charge is 0.456 e. The summed E-state index contributed by atoms with van der Waals surface area (Å²) in [6.07, 6.45) is 0. The minimum atomic E-state index is 0.513. The van der Waals surface area contributed by atoms with Gasteiger partial charge in [-0.3, -0.25) is 0 Å². The highest BCUT2D eigenvalue weighted by Crippen LogP contribution is 2.42. The molecule has 0 amide bonds. The Balaban J connectivity index is 1.20. The summed E-state index contributed by atoms with van der Waals surface area (Å²) in [5.74, 6) is 5.46. The van der Waals surface area contributed by atoms with Crippen LogP contribution in [0.2, 0.25) is 0 Å². The van der Waals surface area contributed by atoms with E-state index < -0.39 is 0 Å². The molecule has 0 bridgehead atoms. The number of furan rings is 1. The van der Waals surface area contributed by atoms with E-state index in [-0.39, 0.29) is 0 Å². The van der Waals surface area contributed by atoms with Crippen LogP contribution in [-0.2, 0) is 0 Å². The monoisotopic (exact) mass is 854 g/mol. The first kappa shape index (κ1) is 38.8. The quantitative estimate of drug-likeness (QED) is 0.152. The summed E-state index contributed by atoms with van der Waals surface area (Å²) >= 11 is 0. The van der Waals surface area contributed by atoms with Crippen LogP contribution in [0.25, 0.3) is 117 Å². The van der Waals surface area contributed by atoms with Gasteiger partial charge >= 0.3 is 0 Å². The Hall–Kier alpha value is -8.83. The molecular weight excluding hydrogens is 817 g/mol. The second-order valence-corrected chi connectivity index (χ2v) is 16.4. The Morgan fingerprint density at radius 3 is 1.39 bits per heavy atom. The third-order valence-corrected chi connectivity index (χ3v) is 11.9. The Labute approximate surface area is 378 Å². The van der Waals surface area contributed by atoms with Crippen molar-refractivity contribution in [3.8, 4) is 73.8 Å². The SMILES string of the molecule is Cc1nc(C)nc(-c2ccc3c4ccc(-c5nc(C)nc(C)n5)cc4n(-c4ccc(-c5cccc6oc7ccccc7c56)cc4-c4nc(-c5ccccc5)nc(-c5ccccc5)n4)c3c2)n1. The van der Waals surface area contributed by atoms with Gasteiger partial charge in [-0.05, 0) is 75.2 Å². The van der Waals surface area contributed by atoms with Gasteiger partial charge in [0.2, 0.25) is 0 Å². The van der Waals surface area contributed by atoms with Crippen molar-refractivity contribution >= 4 is 43.7 Å². The molecule has 0 N–H and O–H groups in total. The predicted molar refractivity (Wildman–Crippen MR) is 260 cm³/mol. The number of benzene rings is 7. The van der Waals surface area contributed by atoms with E-state index in [2.05, 4.69) is 81.3 Å². The Kier molecular flexibility index (Phi) is 9.09. The first-order valence-electron chi connectivity index (χ1n) is 21.7. The molecule has 0 unspecified atom stereocenters. The lowest BCUT2D eigenvalue weighted by atomic mass is 9.96. The number of hydrogen-bond donors (Lipinski definition) is 0. The maximum absolute atomic E-state index is 6.40. The van der Waals surface area contributed by atoms with Gasteiger partial charge in [-0.1, -0.05) is 121 Å². The molecule has 12 aromatic rings. The second kappa shape index (κ2) is 15.5. The molecular formula is C55H38N10O. The predicted octanol–water partition coefficient (Wildman–Crippen LogP) is 12.5. The van der Waals surface area contributed by atoms with Crippen LogP contribution in [0.5, 0.6) is 0 Å². The van der Waals surface area contributed by atoms with Gasteiger partial charge < -0.3 is 8.98 Å². The molecule has 5 aromatic heterocycles. The highest BCUT2D eigenvalue weighted by molar-refractivity contribution is 6.14. The van der Waals surface area contributed by atoms with Crippen LogP contribution in [0.3, 0.4) is 0 Å². The summed E-state index contributed by atoms with van der Waals surface area (Å²) in [6.45, 7) is 7.57. The number of nitrogens with zero attached hydrogens (tertiary/aromatic N) is 10. The van der Waals surface area contributed by atoms with Crippen LogP contribution >= 0.6 is 0 Å². The van der Waals surface area contributed by atoms with Gasteiger partial charge in [0.15, 0.2) is 29.1 Å². The highest BCUT2D eigenvalue weighted by atomic mass is 16.3. The third-order valence-electron chi connectivity index (χ3n) is 11.9. The number of aromatic nitrogens is 10. The minimum absolute atomic E-state index is 0.513. The van der Waals surface area contributed by atoms with Gasteiger partial charge in [-0.25, -0.2) is 44.9 Å². The summed E-state index contributed by atoms with van der Waals surface area (Å²) in [4.78, 5) is 43.8. The van der Waals surface area contributed by atoms with Gasteiger partial charge in [0, 0.05) is 49.4 Å². The number of hydrogen-bond acceptors (Lipinski definition) is 10. The molecule has 11 heteroatoms. The first-order valence-corrected chi connectivity index (χ1v) is 21.7. The molecule has 314 valence electrons. The summed E-state index contributed by atoms with van der Waals surface area (Å²) in [5, 5.41) is 4.17. The van der Waals surface area contributed by atoms with Crippen molar-refractivity contribution in [1.82, 2.24) is 49.4 Å². The molecule has 0 spiro atoms. The standard InChI is InChI=1S/C55H38N10O/c1-31-56-32(2)59-53(58-31)38-22-25-41-42-26-23-39(54-60-33(3)57-34(4)61-54)30-47(42)65(46(41)29-38)45-27-24-37(40-19-13-21-49-50(40)43-18-11-12-20-48(43)66-49)28-44(45)55-63-51(35-14-7-5-8-15-35)62-52(64-55)36-16-9-6-10-17-36/h5-30H,1-4H3. The average Bonchev–Trinajstić information content (AvgIpc) is 3.89. The third kappa shape index (κ3) is 6.72. The van der Waals surface area contributed by atoms with Crippen molar-refractivity contribution in [3.05, 3.63) is 181 Å². The van der Waals surface area contributed by atoms with Crippen molar-refractivity contribution in [1.29, 1.82) is 0 Å². The van der Waals surface area contributed by atoms with Crippen molar-refractivity contribution in [2.24, 2.45) is 0 Å². The molecule has 0 saturated heterocycles. The molecule has 7 aromatic carbocycles. The van der Waals surface area contributed by atoms with Crippen molar-refractivity contribution in [3.63, 3.8) is 0 Å². The molecule has 0 aliphatic heterocycles. The number of fused-ring (bicyclic) bond motifs is 6. The van der Waals surface area contributed by atoms with Crippen LogP contribution in [0, 0.1) is 27.7 Å².